The fraction of sp³-hybridized carbons (Fsp3) is 0.182. The lowest BCUT2D eigenvalue weighted by Crippen LogP contribution is -2.11. The van der Waals surface area contributed by atoms with Crippen LogP contribution < -0.4 is 4.74 Å². The number of allylic oxidation sites excluding steroid dienone is 1. The molecule has 2 aromatic heterocycles. The van der Waals surface area contributed by atoms with Crippen molar-refractivity contribution in [1.29, 1.82) is 0 Å². The standard InChI is InChI=1S/C22H20N2OS/c1-25-19-8-6-16(7-9-19)21-11-10-20(26-21)14-17-4-3-13-24-22(17)18-5-2-12-23-15-18/h2,5-12,14-15H,3-4,13H2,1H3. The smallest absolute Gasteiger partial charge is 0.118 e. The molecule has 0 spiro atoms. The number of hydrogen-bond acceptors (Lipinski definition) is 4. The molecule has 1 aliphatic rings. The van der Waals surface area contributed by atoms with Gasteiger partial charge in [0.2, 0.25) is 0 Å². The number of ether oxygens (including phenoxy) is 1. The van der Waals surface area contributed by atoms with Crippen LogP contribution >= 0.6 is 11.3 Å². The second kappa shape index (κ2) is 7.67. The molecule has 4 heteroatoms. The first-order valence-electron chi connectivity index (χ1n) is 8.73. The van der Waals surface area contributed by atoms with E-state index < -0.39 is 0 Å². The second-order valence-corrected chi connectivity index (χ2v) is 7.29. The zero-order valence-corrected chi connectivity index (χ0v) is 15.5. The van der Waals surface area contributed by atoms with Crippen LogP contribution in [0.2, 0.25) is 0 Å². The molecule has 0 atom stereocenters. The highest BCUT2D eigenvalue weighted by Crippen LogP contribution is 2.32. The van der Waals surface area contributed by atoms with Crippen LogP contribution in [-0.2, 0) is 0 Å². The zero-order valence-electron chi connectivity index (χ0n) is 14.7. The van der Waals surface area contributed by atoms with E-state index >= 15 is 0 Å². The van der Waals surface area contributed by atoms with E-state index in [1.807, 2.05) is 24.4 Å². The summed E-state index contributed by atoms with van der Waals surface area (Å²) < 4.78 is 5.24. The molecule has 1 aliphatic heterocycles. The van der Waals surface area contributed by atoms with E-state index in [-0.39, 0.29) is 0 Å². The summed E-state index contributed by atoms with van der Waals surface area (Å²) in [6.45, 7) is 0.892. The van der Waals surface area contributed by atoms with Crippen LogP contribution in [0, 0.1) is 0 Å². The Morgan fingerprint density at radius 3 is 2.69 bits per heavy atom. The molecule has 0 N–H and O–H groups in total. The number of pyridine rings is 1. The maximum absolute atomic E-state index is 5.24. The van der Waals surface area contributed by atoms with E-state index in [2.05, 4.69) is 41.4 Å². The topological polar surface area (TPSA) is 34.5 Å². The van der Waals surface area contributed by atoms with Crippen LogP contribution in [0.15, 0.2) is 71.5 Å². The van der Waals surface area contributed by atoms with Gasteiger partial charge in [-0.05, 0) is 78.6 Å². The third kappa shape index (κ3) is 3.60. The van der Waals surface area contributed by atoms with Crippen molar-refractivity contribution in [2.45, 2.75) is 12.8 Å². The monoisotopic (exact) mass is 360 g/mol. The first-order chi connectivity index (χ1) is 12.8. The molecule has 130 valence electrons. The number of benzene rings is 1. The van der Waals surface area contributed by atoms with Crippen molar-refractivity contribution in [3.8, 4) is 16.2 Å². The van der Waals surface area contributed by atoms with Crippen molar-refractivity contribution in [3.63, 3.8) is 0 Å². The number of nitrogens with zero attached hydrogens (tertiary/aromatic N) is 2. The van der Waals surface area contributed by atoms with Gasteiger partial charge in [0.1, 0.15) is 5.75 Å². The summed E-state index contributed by atoms with van der Waals surface area (Å²) in [5.74, 6) is 0.882. The van der Waals surface area contributed by atoms with E-state index in [9.17, 15) is 0 Å². The van der Waals surface area contributed by atoms with Gasteiger partial charge in [-0.25, -0.2) is 0 Å². The highest BCUT2D eigenvalue weighted by atomic mass is 32.1. The van der Waals surface area contributed by atoms with E-state index in [4.69, 9.17) is 9.73 Å². The average Bonchev–Trinajstić information content (AvgIpc) is 3.18. The lowest BCUT2D eigenvalue weighted by atomic mass is 9.96. The molecule has 4 rings (SSSR count). The van der Waals surface area contributed by atoms with Crippen LogP contribution in [0.1, 0.15) is 23.3 Å². The normalized spacial score (nSPS) is 15.7. The van der Waals surface area contributed by atoms with Crippen LogP contribution in [-0.4, -0.2) is 24.4 Å². The fourth-order valence-electron chi connectivity index (χ4n) is 3.11. The molecule has 0 bridgehead atoms. The molecule has 3 heterocycles. The summed E-state index contributed by atoms with van der Waals surface area (Å²) >= 11 is 1.80. The lowest BCUT2D eigenvalue weighted by molar-refractivity contribution is 0.415. The quantitative estimate of drug-likeness (QED) is 0.617. The zero-order chi connectivity index (χ0) is 17.8. The minimum atomic E-state index is 0.882. The van der Waals surface area contributed by atoms with Crippen LogP contribution in [0.25, 0.3) is 16.5 Å². The van der Waals surface area contributed by atoms with E-state index in [1.165, 1.54) is 20.9 Å². The molecule has 0 saturated carbocycles. The number of hydrogen-bond donors (Lipinski definition) is 0. The molecule has 1 aromatic carbocycles. The van der Waals surface area contributed by atoms with Crippen LogP contribution in [0.5, 0.6) is 5.75 Å². The average molecular weight is 360 g/mol. The van der Waals surface area contributed by atoms with Gasteiger partial charge in [0, 0.05) is 34.3 Å². The molecule has 0 aliphatic carbocycles. The van der Waals surface area contributed by atoms with Gasteiger partial charge >= 0.3 is 0 Å². The SMILES string of the molecule is COc1ccc(-c2ccc(C=C3CCCN=C3c3cccnc3)s2)cc1. The Kier molecular flexibility index (Phi) is 4.93. The Hall–Kier alpha value is -2.72. The van der Waals surface area contributed by atoms with Crippen LogP contribution in [0.4, 0.5) is 0 Å². The highest BCUT2D eigenvalue weighted by molar-refractivity contribution is 7.16. The van der Waals surface area contributed by atoms with E-state index in [0.717, 1.165) is 36.4 Å². The summed E-state index contributed by atoms with van der Waals surface area (Å²) in [5.41, 5.74) is 4.70. The molecule has 0 amide bonds. The van der Waals surface area contributed by atoms with Gasteiger partial charge < -0.3 is 4.74 Å². The van der Waals surface area contributed by atoms with E-state index in [1.54, 1.807) is 24.6 Å². The molecular formula is C22H20N2OS. The van der Waals surface area contributed by atoms with Crippen molar-refractivity contribution in [2.75, 3.05) is 13.7 Å². The van der Waals surface area contributed by atoms with Gasteiger partial charge in [-0.15, -0.1) is 11.3 Å². The van der Waals surface area contributed by atoms with Gasteiger partial charge in [0.15, 0.2) is 0 Å². The maximum atomic E-state index is 5.24. The van der Waals surface area contributed by atoms with Crippen molar-refractivity contribution >= 4 is 23.1 Å². The molecule has 0 unspecified atom stereocenters. The Labute approximate surface area is 157 Å². The molecule has 3 aromatic rings. The van der Waals surface area contributed by atoms with Crippen LogP contribution in [0.3, 0.4) is 0 Å². The first kappa shape index (κ1) is 16.7. The predicted molar refractivity (Wildman–Crippen MR) is 109 cm³/mol. The van der Waals surface area contributed by atoms with Crippen molar-refractivity contribution < 1.29 is 4.74 Å². The maximum Gasteiger partial charge on any atom is 0.118 e. The van der Waals surface area contributed by atoms with Gasteiger partial charge in [-0.3, -0.25) is 9.98 Å². The molecule has 3 nitrogen and oxygen atoms in total. The Morgan fingerprint density at radius 1 is 1.04 bits per heavy atom. The van der Waals surface area contributed by atoms with Crippen molar-refractivity contribution in [1.82, 2.24) is 4.98 Å². The largest absolute Gasteiger partial charge is 0.497 e. The van der Waals surface area contributed by atoms with Gasteiger partial charge in [-0.2, -0.15) is 0 Å². The molecule has 26 heavy (non-hydrogen) atoms. The van der Waals surface area contributed by atoms with Gasteiger partial charge in [-0.1, -0.05) is 0 Å². The predicted octanol–water partition coefficient (Wildman–Crippen LogP) is 5.49. The van der Waals surface area contributed by atoms with Gasteiger partial charge in [0.05, 0.1) is 12.8 Å². The molecular weight excluding hydrogens is 340 g/mol. The summed E-state index contributed by atoms with van der Waals surface area (Å²) in [7, 11) is 1.69. The summed E-state index contributed by atoms with van der Waals surface area (Å²) in [6, 6.07) is 16.6. The summed E-state index contributed by atoms with van der Waals surface area (Å²) in [6.07, 6.45) is 8.14. The molecule has 0 radical (unpaired) electrons. The summed E-state index contributed by atoms with van der Waals surface area (Å²) in [5, 5.41) is 0. The third-order valence-electron chi connectivity index (χ3n) is 4.43. The molecule has 0 saturated heterocycles. The minimum absolute atomic E-state index is 0.882. The fourth-order valence-corrected chi connectivity index (χ4v) is 4.09. The van der Waals surface area contributed by atoms with Crippen molar-refractivity contribution in [2.24, 2.45) is 4.99 Å². The van der Waals surface area contributed by atoms with E-state index in [0.29, 0.717) is 0 Å². The highest BCUT2D eigenvalue weighted by Gasteiger charge is 2.14. The lowest BCUT2D eigenvalue weighted by Gasteiger charge is -2.15. The summed E-state index contributed by atoms with van der Waals surface area (Å²) in [4.78, 5) is 11.5. The van der Waals surface area contributed by atoms with Crippen molar-refractivity contribution in [3.05, 3.63) is 76.9 Å². The Morgan fingerprint density at radius 2 is 1.92 bits per heavy atom. The Bertz CT molecular complexity index is 940. The number of thiophene rings is 1. The Balaban J connectivity index is 1.62. The number of aliphatic imine (C=N–C) groups is 1. The van der Waals surface area contributed by atoms with Gasteiger partial charge in [0.25, 0.3) is 0 Å². The second-order valence-electron chi connectivity index (χ2n) is 6.18. The third-order valence-corrected chi connectivity index (χ3v) is 5.51. The first-order valence-corrected chi connectivity index (χ1v) is 9.55. The molecule has 0 fully saturated rings. The number of rotatable bonds is 4. The number of methoxy groups -OCH3 is 1. The number of aromatic nitrogens is 1. The minimum Gasteiger partial charge on any atom is -0.497 e.